The number of carbonyl (C=O) groups excluding carboxylic acids is 1. The van der Waals surface area contributed by atoms with Crippen molar-refractivity contribution in [2.24, 2.45) is 5.73 Å². The third-order valence-electron chi connectivity index (χ3n) is 4.36. The van der Waals surface area contributed by atoms with Crippen molar-refractivity contribution in [2.75, 3.05) is 18.9 Å². The van der Waals surface area contributed by atoms with Crippen LogP contribution in [0.1, 0.15) is 31.1 Å². The fourth-order valence-electron chi connectivity index (χ4n) is 2.86. The number of nitrogens with zero attached hydrogens (tertiary/aromatic N) is 1. The van der Waals surface area contributed by atoms with Crippen molar-refractivity contribution in [1.82, 2.24) is 9.55 Å². The smallest absolute Gasteiger partial charge is 0.390 e. The van der Waals surface area contributed by atoms with Gasteiger partial charge in [0.1, 0.15) is 17.9 Å². The first-order chi connectivity index (χ1) is 17.5. The number of hydrogen-bond acceptors (Lipinski definition) is 13. The Morgan fingerprint density at radius 2 is 1.89 bits per heavy atom. The molecule has 38 heavy (non-hydrogen) atoms. The topological polar surface area (TPSA) is 287 Å². The first-order valence-electron chi connectivity index (χ1n) is 10.3. The Bertz CT molecular complexity index is 1330. The van der Waals surface area contributed by atoms with Gasteiger partial charge in [-0.15, -0.1) is 0 Å². The van der Waals surface area contributed by atoms with Crippen molar-refractivity contribution in [3.63, 3.8) is 0 Å². The third-order valence-corrected chi connectivity index (χ3v) is 9.13. The van der Waals surface area contributed by atoms with E-state index in [4.69, 9.17) is 25.2 Å². The van der Waals surface area contributed by atoms with Crippen molar-refractivity contribution < 1.29 is 61.1 Å². The number of H-pyrrole nitrogens is 1. The van der Waals surface area contributed by atoms with Crippen molar-refractivity contribution >= 4 is 40.3 Å². The third kappa shape index (κ3) is 11.0. The molecule has 0 saturated carbocycles. The van der Waals surface area contributed by atoms with Gasteiger partial charge in [-0.2, -0.15) is 8.62 Å². The molecule has 2 unspecified atom stereocenters. The maximum absolute atomic E-state index is 12.3. The Hall–Kier alpha value is -1.45. The van der Waals surface area contributed by atoms with E-state index in [1.165, 1.54) is 0 Å². The zero-order valence-electron chi connectivity index (χ0n) is 19.1. The number of aromatic amines is 1. The van der Waals surface area contributed by atoms with Gasteiger partial charge in [0.25, 0.3) is 5.56 Å². The number of hydrogen-bond donors (Lipinski definition) is 7. The highest BCUT2D eigenvalue weighted by molar-refractivity contribution is 8.13. The van der Waals surface area contributed by atoms with Gasteiger partial charge in [0, 0.05) is 37.8 Å². The van der Waals surface area contributed by atoms with Crippen LogP contribution in [0, 0.1) is 11.8 Å². The van der Waals surface area contributed by atoms with Gasteiger partial charge in [0.05, 0.1) is 12.7 Å². The number of aliphatic hydroxyl groups is 1. The zero-order valence-corrected chi connectivity index (χ0v) is 22.6. The highest BCUT2D eigenvalue weighted by Crippen LogP contribution is 2.66. The summed E-state index contributed by atoms with van der Waals surface area (Å²) in [7, 11) is -16.8. The minimum Gasteiger partial charge on any atom is -0.390 e. The van der Waals surface area contributed by atoms with E-state index < -0.39 is 59.8 Å². The summed E-state index contributed by atoms with van der Waals surface area (Å²) in [5.41, 5.74) is 3.42. The van der Waals surface area contributed by atoms with Crippen molar-refractivity contribution in [1.29, 1.82) is 0 Å². The molecule has 1 aromatic heterocycles. The van der Waals surface area contributed by atoms with Gasteiger partial charge in [-0.1, -0.05) is 23.6 Å². The van der Waals surface area contributed by atoms with Crippen LogP contribution in [0.2, 0.25) is 0 Å². The Morgan fingerprint density at radius 1 is 1.21 bits per heavy atom. The van der Waals surface area contributed by atoms with Crippen LogP contribution in [0.15, 0.2) is 15.8 Å². The molecule has 8 N–H and O–H groups in total. The molecule has 2 heterocycles. The Balaban J connectivity index is 2.05. The van der Waals surface area contributed by atoms with Gasteiger partial charge in [-0.3, -0.25) is 23.7 Å². The number of thioether (sulfide) groups is 1. The highest BCUT2D eigenvalue weighted by Gasteiger charge is 2.43. The lowest BCUT2D eigenvalue weighted by atomic mass is 10.2. The monoisotopic (exact) mass is 623 g/mol. The molecule has 0 aromatic carbocycles. The summed E-state index contributed by atoms with van der Waals surface area (Å²) < 4.78 is 51.8. The number of aromatic nitrogens is 2. The average Bonchev–Trinajstić information content (AvgIpc) is 3.12. The standard InChI is InChI=1S/C16H24N3O15P3S/c17-5-6-38-14(21)4-2-1-3-10-8-19(16(23)18-15(10)22)13-7-11(20)12(32-13)9-31-36(27,28)34-37(29,30)33-35(24,25)26/h8,11-13,20H,2,4-7,9,17H2,(H,27,28)(H,29,30)(H,18,22,23)(H2,24,25,26)/t11-,12-,13-/m1/s1. The largest absolute Gasteiger partial charge is 0.490 e. The average molecular weight is 623 g/mol. The second-order valence-corrected chi connectivity index (χ2v) is 12.9. The summed E-state index contributed by atoms with van der Waals surface area (Å²) in [6.45, 7) is -0.599. The molecule has 5 atom stereocenters. The lowest BCUT2D eigenvalue weighted by Crippen LogP contribution is -2.33. The van der Waals surface area contributed by atoms with E-state index in [-0.39, 0.29) is 29.9 Å². The first kappa shape index (κ1) is 32.8. The molecule has 1 aliphatic rings. The number of ether oxygens (including phenoxy) is 1. The van der Waals surface area contributed by atoms with Crippen LogP contribution in [0.3, 0.4) is 0 Å². The number of carbonyl (C=O) groups is 1. The lowest BCUT2D eigenvalue weighted by Gasteiger charge is -2.19. The number of phosphoric acid groups is 3. The summed E-state index contributed by atoms with van der Waals surface area (Å²) in [4.78, 5) is 73.8. The highest BCUT2D eigenvalue weighted by atomic mass is 32.2. The molecule has 0 aliphatic carbocycles. The first-order valence-corrected chi connectivity index (χ1v) is 15.8. The van der Waals surface area contributed by atoms with Crippen molar-refractivity contribution in [2.45, 2.75) is 37.7 Å². The fourth-order valence-corrected chi connectivity index (χ4v) is 6.48. The van der Waals surface area contributed by atoms with Crippen LogP contribution >= 0.6 is 35.2 Å². The number of nitrogens with one attached hydrogen (secondary N) is 1. The van der Waals surface area contributed by atoms with Gasteiger partial charge in [-0.05, 0) is 0 Å². The molecule has 214 valence electrons. The molecule has 0 bridgehead atoms. The van der Waals surface area contributed by atoms with Gasteiger partial charge < -0.3 is 35.2 Å². The van der Waals surface area contributed by atoms with Gasteiger partial charge in [0.2, 0.25) is 0 Å². The van der Waals surface area contributed by atoms with E-state index in [9.17, 15) is 38.1 Å². The lowest BCUT2D eigenvalue weighted by molar-refractivity contribution is -0.110. The molecule has 0 amide bonds. The number of phosphoric ester groups is 1. The van der Waals surface area contributed by atoms with Crippen LogP contribution in [-0.2, 0) is 36.4 Å². The van der Waals surface area contributed by atoms with Crippen molar-refractivity contribution in [3.8, 4) is 11.8 Å². The molecule has 18 nitrogen and oxygen atoms in total. The van der Waals surface area contributed by atoms with Crippen LogP contribution in [0.5, 0.6) is 0 Å². The summed E-state index contributed by atoms with van der Waals surface area (Å²) in [6.07, 6.45) is -2.97. The quantitative estimate of drug-likeness (QED) is 0.107. The summed E-state index contributed by atoms with van der Waals surface area (Å²) in [6, 6.07) is 0. The predicted octanol–water partition coefficient (Wildman–Crippen LogP) is -1.12. The van der Waals surface area contributed by atoms with E-state index in [1.807, 2.05) is 4.98 Å². The minimum atomic E-state index is -5.73. The van der Waals surface area contributed by atoms with Crippen LogP contribution < -0.4 is 17.0 Å². The second kappa shape index (κ2) is 13.8. The molecule has 0 spiro atoms. The summed E-state index contributed by atoms with van der Waals surface area (Å²) >= 11 is 1.06. The Morgan fingerprint density at radius 3 is 2.53 bits per heavy atom. The van der Waals surface area contributed by atoms with Gasteiger partial charge >= 0.3 is 29.2 Å². The molecule has 0 radical (unpaired) electrons. The maximum atomic E-state index is 12.3. The van der Waals surface area contributed by atoms with Crippen LogP contribution in [0.4, 0.5) is 0 Å². The number of nitrogens with two attached hydrogens (primary N) is 1. The Labute approximate surface area is 217 Å². The molecule has 2 rings (SSSR count). The predicted molar refractivity (Wildman–Crippen MR) is 128 cm³/mol. The summed E-state index contributed by atoms with van der Waals surface area (Å²) in [5, 5.41) is 10.1. The normalized spacial score (nSPS) is 22.7. The van der Waals surface area contributed by atoms with Gasteiger partial charge in [-0.25, -0.2) is 18.5 Å². The zero-order chi connectivity index (χ0) is 28.7. The van der Waals surface area contributed by atoms with E-state index in [1.54, 1.807) is 0 Å². The number of aliphatic hydroxyl groups excluding tert-OH is 1. The maximum Gasteiger partial charge on any atom is 0.490 e. The van der Waals surface area contributed by atoms with Gasteiger partial charge in [0.15, 0.2) is 5.12 Å². The Kier molecular flexibility index (Phi) is 11.9. The fraction of sp³-hybridized carbons (Fsp3) is 0.562. The minimum absolute atomic E-state index is 0.115. The van der Waals surface area contributed by atoms with Crippen LogP contribution in [-0.4, -0.2) is 70.5 Å². The van der Waals surface area contributed by atoms with E-state index in [0.717, 1.165) is 22.5 Å². The molecular weight excluding hydrogens is 599 g/mol. The molecule has 22 heteroatoms. The van der Waals surface area contributed by atoms with Crippen molar-refractivity contribution in [3.05, 3.63) is 32.6 Å². The van der Waals surface area contributed by atoms with E-state index in [2.05, 4.69) is 25.0 Å². The van der Waals surface area contributed by atoms with E-state index in [0.29, 0.717) is 12.3 Å². The molecule has 1 fully saturated rings. The SMILES string of the molecule is NCCSC(=O)CCC#Cc1cn([C@H]2C[C@@H](O)[C@@H](COP(=O)(O)OP(=O)(O)OP(=O)(O)O)O2)c(=O)[nH]c1=O. The van der Waals surface area contributed by atoms with Crippen LogP contribution in [0.25, 0.3) is 0 Å². The molecular formula is C16H24N3O15P3S. The molecule has 1 saturated heterocycles. The summed E-state index contributed by atoms with van der Waals surface area (Å²) in [5.74, 6) is 5.64. The molecule has 1 aliphatic heterocycles. The second-order valence-electron chi connectivity index (χ2n) is 7.34. The number of rotatable bonds is 12. The van der Waals surface area contributed by atoms with E-state index >= 15 is 0 Å². The molecule has 1 aromatic rings.